The lowest BCUT2D eigenvalue weighted by molar-refractivity contribution is 0.0939. The third-order valence-electron chi connectivity index (χ3n) is 2.55. The lowest BCUT2D eigenvalue weighted by Crippen LogP contribution is -2.26. The first kappa shape index (κ1) is 14.2. The molecule has 1 atom stereocenters. The van der Waals surface area contributed by atoms with Crippen molar-refractivity contribution in [3.63, 3.8) is 0 Å². The summed E-state index contributed by atoms with van der Waals surface area (Å²) in [6.07, 6.45) is 5.24. The molecule has 2 rings (SSSR count). The zero-order chi connectivity index (χ0) is 14.8. The first-order chi connectivity index (χ1) is 9.38. The topological polar surface area (TPSA) is 102 Å². The molecule has 0 saturated carbocycles. The van der Waals surface area contributed by atoms with Crippen LogP contribution < -0.4 is 5.32 Å². The van der Waals surface area contributed by atoms with Crippen LogP contribution in [0.15, 0.2) is 40.4 Å². The molecule has 0 radical (unpaired) electrons. The Bertz CT molecular complexity index is 709. The van der Waals surface area contributed by atoms with Crippen LogP contribution in [0.3, 0.4) is 0 Å². The minimum Gasteiger partial charge on any atom is -0.436 e. The molecule has 1 N–H and O–H groups in total. The molecule has 0 bridgehead atoms. The summed E-state index contributed by atoms with van der Waals surface area (Å²) in [5.74, 6) is -0.302. The standard InChI is InChI=1S/C12H13N3O4S/c1-8(10-7-19-12(15-10)20(2,17)18)14-11(16)9-3-5-13-6-4-9/h3-8H,1-2H3,(H,14,16)/t8-/m0/s1. The second-order valence-corrected chi connectivity index (χ2v) is 6.14. The molecule has 8 heteroatoms. The van der Waals surface area contributed by atoms with Crippen LogP contribution in [-0.2, 0) is 9.84 Å². The normalized spacial score (nSPS) is 12.9. The van der Waals surface area contributed by atoms with Gasteiger partial charge >= 0.3 is 5.22 Å². The van der Waals surface area contributed by atoms with Crippen LogP contribution in [0.4, 0.5) is 0 Å². The Labute approximate surface area is 116 Å². The van der Waals surface area contributed by atoms with Crippen molar-refractivity contribution < 1.29 is 17.6 Å². The van der Waals surface area contributed by atoms with E-state index < -0.39 is 15.9 Å². The highest BCUT2D eigenvalue weighted by atomic mass is 32.2. The predicted molar refractivity (Wildman–Crippen MR) is 69.7 cm³/mol. The number of carbonyl (C=O) groups is 1. The Morgan fingerprint density at radius 1 is 1.35 bits per heavy atom. The summed E-state index contributed by atoms with van der Waals surface area (Å²) in [6.45, 7) is 1.68. The van der Waals surface area contributed by atoms with Crippen molar-refractivity contribution in [3.8, 4) is 0 Å². The van der Waals surface area contributed by atoms with Gasteiger partial charge in [0, 0.05) is 24.2 Å². The fourth-order valence-electron chi connectivity index (χ4n) is 1.50. The average molecular weight is 295 g/mol. The molecule has 0 fully saturated rings. The quantitative estimate of drug-likeness (QED) is 0.901. The van der Waals surface area contributed by atoms with E-state index in [1.165, 1.54) is 18.7 Å². The van der Waals surface area contributed by atoms with Gasteiger partial charge in [0.15, 0.2) is 0 Å². The van der Waals surface area contributed by atoms with E-state index in [0.717, 1.165) is 6.26 Å². The van der Waals surface area contributed by atoms with Crippen molar-refractivity contribution in [1.82, 2.24) is 15.3 Å². The number of oxazole rings is 1. The Balaban J connectivity index is 2.11. The van der Waals surface area contributed by atoms with Crippen molar-refractivity contribution in [2.75, 3.05) is 6.26 Å². The van der Waals surface area contributed by atoms with Crippen molar-refractivity contribution in [2.24, 2.45) is 0 Å². The molecule has 0 aliphatic carbocycles. The maximum Gasteiger partial charge on any atom is 0.314 e. The third kappa shape index (κ3) is 3.21. The van der Waals surface area contributed by atoms with Gasteiger partial charge < -0.3 is 9.73 Å². The van der Waals surface area contributed by atoms with Crippen LogP contribution in [-0.4, -0.2) is 30.5 Å². The van der Waals surface area contributed by atoms with E-state index in [1.807, 2.05) is 0 Å². The third-order valence-corrected chi connectivity index (χ3v) is 3.37. The number of sulfone groups is 1. The van der Waals surface area contributed by atoms with Crippen LogP contribution in [0, 0.1) is 0 Å². The monoisotopic (exact) mass is 295 g/mol. The highest BCUT2D eigenvalue weighted by molar-refractivity contribution is 7.90. The van der Waals surface area contributed by atoms with Crippen LogP contribution in [0.1, 0.15) is 29.0 Å². The number of nitrogens with zero attached hydrogens (tertiary/aromatic N) is 2. The molecular weight excluding hydrogens is 282 g/mol. The second kappa shape index (κ2) is 5.41. The number of aromatic nitrogens is 2. The van der Waals surface area contributed by atoms with Gasteiger partial charge in [0.1, 0.15) is 12.0 Å². The van der Waals surface area contributed by atoms with E-state index >= 15 is 0 Å². The smallest absolute Gasteiger partial charge is 0.314 e. The van der Waals surface area contributed by atoms with Crippen LogP contribution in [0.5, 0.6) is 0 Å². The van der Waals surface area contributed by atoms with E-state index in [2.05, 4.69) is 15.3 Å². The van der Waals surface area contributed by atoms with Gasteiger partial charge in [-0.05, 0) is 19.1 Å². The van der Waals surface area contributed by atoms with Gasteiger partial charge in [-0.3, -0.25) is 9.78 Å². The summed E-state index contributed by atoms with van der Waals surface area (Å²) < 4.78 is 27.4. The van der Waals surface area contributed by atoms with Crippen molar-refractivity contribution in [3.05, 3.63) is 42.0 Å². The molecule has 2 aromatic heterocycles. The van der Waals surface area contributed by atoms with Crippen LogP contribution in [0.2, 0.25) is 0 Å². The number of hydrogen-bond donors (Lipinski definition) is 1. The molecule has 0 aliphatic heterocycles. The van der Waals surface area contributed by atoms with E-state index in [4.69, 9.17) is 4.42 Å². The molecule has 0 unspecified atom stereocenters. The van der Waals surface area contributed by atoms with Gasteiger partial charge in [-0.25, -0.2) is 13.4 Å². The largest absolute Gasteiger partial charge is 0.436 e. The molecule has 0 saturated heterocycles. The van der Waals surface area contributed by atoms with Crippen molar-refractivity contribution >= 4 is 15.7 Å². The maximum absolute atomic E-state index is 11.9. The Morgan fingerprint density at radius 2 is 2.00 bits per heavy atom. The number of hydrogen-bond acceptors (Lipinski definition) is 6. The van der Waals surface area contributed by atoms with Crippen molar-refractivity contribution in [2.45, 2.75) is 18.2 Å². The van der Waals surface area contributed by atoms with E-state index in [9.17, 15) is 13.2 Å². The molecule has 0 spiro atoms. The lowest BCUT2D eigenvalue weighted by Gasteiger charge is -2.10. The molecule has 7 nitrogen and oxygen atoms in total. The number of nitrogens with one attached hydrogen (secondary N) is 1. The number of carbonyl (C=O) groups excluding carboxylic acids is 1. The Kier molecular flexibility index (Phi) is 3.84. The summed E-state index contributed by atoms with van der Waals surface area (Å²) in [7, 11) is -3.49. The summed E-state index contributed by atoms with van der Waals surface area (Å²) in [5, 5.41) is 2.33. The van der Waals surface area contributed by atoms with Crippen LogP contribution in [0.25, 0.3) is 0 Å². The Hall–Kier alpha value is -2.22. The van der Waals surface area contributed by atoms with E-state index in [-0.39, 0.29) is 11.1 Å². The van der Waals surface area contributed by atoms with Gasteiger partial charge in [0.25, 0.3) is 5.91 Å². The van der Waals surface area contributed by atoms with E-state index in [1.54, 1.807) is 19.1 Å². The number of rotatable bonds is 4. The molecule has 0 aromatic carbocycles. The average Bonchev–Trinajstić information content (AvgIpc) is 2.89. The number of pyridine rings is 1. The van der Waals surface area contributed by atoms with Gasteiger partial charge in [-0.1, -0.05) is 0 Å². The molecule has 106 valence electrons. The summed E-state index contributed by atoms with van der Waals surface area (Å²) in [6, 6.07) is 2.68. The maximum atomic E-state index is 11.9. The molecule has 2 aromatic rings. The SMILES string of the molecule is C[C@H](NC(=O)c1ccncc1)c1coc(S(C)(=O)=O)n1. The van der Waals surface area contributed by atoms with Gasteiger partial charge in [-0.2, -0.15) is 0 Å². The van der Waals surface area contributed by atoms with Gasteiger partial charge in [-0.15, -0.1) is 0 Å². The summed E-state index contributed by atoms with van der Waals surface area (Å²) >= 11 is 0. The first-order valence-corrected chi connectivity index (χ1v) is 7.63. The van der Waals surface area contributed by atoms with Gasteiger partial charge in [0.05, 0.1) is 6.04 Å². The second-order valence-electron chi connectivity index (χ2n) is 4.24. The molecular formula is C12H13N3O4S. The molecule has 2 heterocycles. The first-order valence-electron chi connectivity index (χ1n) is 5.74. The molecule has 1 amide bonds. The Morgan fingerprint density at radius 3 is 2.55 bits per heavy atom. The van der Waals surface area contributed by atoms with Gasteiger partial charge in [0.2, 0.25) is 9.84 Å². The highest BCUT2D eigenvalue weighted by Gasteiger charge is 2.19. The highest BCUT2D eigenvalue weighted by Crippen LogP contribution is 2.15. The summed E-state index contributed by atoms with van der Waals surface area (Å²) in [4.78, 5) is 19.6. The molecule has 0 aliphatic rings. The van der Waals surface area contributed by atoms with Crippen molar-refractivity contribution in [1.29, 1.82) is 0 Å². The zero-order valence-corrected chi connectivity index (χ0v) is 11.7. The van der Waals surface area contributed by atoms with Crippen LogP contribution >= 0.6 is 0 Å². The lowest BCUT2D eigenvalue weighted by atomic mass is 10.2. The minimum atomic E-state index is -3.49. The fourth-order valence-corrected chi connectivity index (χ4v) is 1.99. The van der Waals surface area contributed by atoms with E-state index in [0.29, 0.717) is 11.3 Å². The number of amides is 1. The minimum absolute atomic E-state index is 0.302. The predicted octanol–water partition coefficient (Wildman–Crippen LogP) is 0.964. The summed E-state index contributed by atoms with van der Waals surface area (Å²) in [5.41, 5.74) is 0.798. The molecule has 20 heavy (non-hydrogen) atoms. The fraction of sp³-hybridized carbons (Fsp3) is 0.250. The zero-order valence-electron chi connectivity index (χ0n) is 10.9.